The lowest BCUT2D eigenvalue weighted by Gasteiger charge is -2.08. The zero-order valence-corrected chi connectivity index (χ0v) is 15.9. The first kappa shape index (κ1) is 18.4. The second-order valence-corrected chi connectivity index (χ2v) is 6.32. The molecule has 4 aromatic rings. The number of rotatable bonds is 5. The number of amides is 1. The highest BCUT2D eigenvalue weighted by Crippen LogP contribution is 2.21. The van der Waals surface area contributed by atoms with E-state index in [9.17, 15) is 9.59 Å². The third-order valence-corrected chi connectivity index (χ3v) is 4.24. The maximum absolute atomic E-state index is 12.7. The van der Waals surface area contributed by atoms with Crippen molar-refractivity contribution in [1.29, 1.82) is 0 Å². The zero-order chi connectivity index (χ0) is 20.4. The van der Waals surface area contributed by atoms with Crippen LogP contribution in [0.2, 0.25) is 0 Å². The second-order valence-electron chi connectivity index (χ2n) is 6.32. The van der Waals surface area contributed by atoms with Crippen LogP contribution in [0.5, 0.6) is 0 Å². The minimum Gasteiger partial charge on any atom is -0.463 e. The molecule has 146 valence electrons. The quantitative estimate of drug-likeness (QED) is 0.522. The molecule has 8 nitrogen and oxygen atoms in total. The number of anilines is 1. The summed E-state index contributed by atoms with van der Waals surface area (Å²) in [7, 11) is 0. The summed E-state index contributed by atoms with van der Waals surface area (Å²) in [5.41, 5.74) is 2.99. The summed E-state index contributed by atoms with van der Waals surface area (Å²) in [6.07, 6.45) is 1.57. The van der Waals surface area contributed by atoms with Gasteiger partial charge in [0.15, 0.2) is 11.4 Å². The summed E-state index contributed by atoms with van der Waals surface area (Å²) in [6.45, 7) is 3.86. The van der Waals surface area contributed by atoms with Gasteiger partial charge in [0.25, 0.3) is 5.91 Å². The minimum atomic E-state index is -0.441. The Bertz CT molecular complexity index is 1190. The minimum absolute atomic E-state index is 0.238. The number of furan rings is 1. The highest BCUT2D eigenvalue weighted by Gasteiger charge is 2.15. The monoisotopic (exact) mass is 390 g/mol. The van der Waals surface area contributed by atoms with E-state index in [0.29, 0.717) is 28.4 Å². The number of hydrogen-bond donors (Lipinski definition) is 1. The molecule has 0 saturated carbocycles. The van der Waals surface area contributed by atoms with Crippen molar-refractivity contribution in [2.45, 2.75) is 13.8 Å². The topological polar surface area (TPSA) is 98.7 Å². The van der Waals surface area contributed by atoms with E-state index >= 15 is 0 Å². The van der Waals surface area contributed by atoms with Gasteiger partial charge in [-0.1, -0.05) is 6.07 Å². The predicted molar refractivity (Wildman–Crippen MR) is 106 cm³/mol. The SMILES string of the molecule is CCOC(=O)c1cccc(NC(=O)c2cc(C)n3nc(-c4ccco4)cc3n2)c1. The number of aromatic nitrogens is 3. The van der Waals surface area contributed by atoms with Gasteiger partial charge >= 0.3 is 5.97 Å². The highest BCUT2D eigenvalue weighted by atomic mass is 16.5. The maximum Gasteiger partial charge on any atom is 0.338 e. The predicted octanol–water partition coefficient (Wildman–Crippen LogP) is 3.73. The van der Waals surface area contributed by atoms with E-state index < -0.39 is 11.9 Å². The van der Waals surface area contributed by atoms with E-state index in [2.05, 4.69) is 15.4 Å². The van der Waals surface area contributed by atoms with Crippen molar-refractivity contribution in [3.05, 3.63) is 71.7 Å². The standard InChI is InChI=1S/C21H18N4O4/c1-3-28-21(27)14-6-4-7-15(11-14)22-20(26)17-10-13(2)25-19(23-17)12-16(24-25)18-8-5-9-29-18/h4-12H,3H2,1-2H3,(H,22,26). The van der Waals surface area contributed by atoms with Crippen molar-refractivity contribution in [1.82, 2.24) is 14.6 Å². The average Bonchev–Trinajstić information content (AvgIpc) is 3.38. The third-order valence-electron chi connectivity index (χ3n) is 4.24. The van der Waals surface area contributed by atoms with Gasteiger partial charge in [0.1, 0.15) is 11.4 Å². The van der Waals surface area contributed by atoms with Crippen LogP contribution in [0.3, 0.4) is 0 Å². The van der Waals surface area contributed by atoms with E-state index in [1.165, 1.54) is 0 Å². The molecule has 29 heavy (non-hydrogen) atoms. The Hall–Kier alpha value is -3.94. The van der Waals surface area contributed by atoms with Crippen LogP contribution in [0, 0.1) is 6.92 Å². The first-order chi connectivity index (χ1) is 14.0. The van der Waals surface area contributed by atoms with Crippen molar-refractivity contribution >= 4 is 23.2 Å². The van der Waals surface area contributed by atoms with Gasteiger partial charge < -0.3 is 14.5 Å². The number of esters is 1. The van der Waals surface area contributed by atoms with E-state index in [-0.39, 0.29) is 12.3 Å². The molecule has 0 aliphatic heterocycles. The molecular formula is C21H18N4O4. The summed E-state index contributed by atoms with van der Waals surface area (Å²) in [4.78, 5) is 29.0. The van der Waals surface area contributed by atoms with Gasteiger partial charge in [0.2, 0.25) is 0 Å². The summed E-state index contributed by atoms with van der Waals surface area (Å²) >= 11 is 0. The first-order valence-electron chi connectivity index (χ1n) is 9.05. The largest absolute Gasteiger partial charge is 0.463 e. The molecule has 3 heterocycles. The Morgan fingerprint density at radius 1 is 1.17 bits per heavy atom. The van der Waals surface area contributed by atoms with Crippen molar-refractivity contribution in [3.63, 3.8) is 0 Å². The van der Waals surface area contributed by atoms with Crippen LogP contribution >= 0.6 is 0 Å². The average molecular weight is 390 g/mol. The summed E-state index contributed by atoms with van der Waals surface area (Å²) < 4.78 is 12.0. The molecule has 1 amide bonds. The highest BCUT2D eigenvalue weighted by molar-refractivity contribution is 6.04. The molecule has 0 fully saturated rings. The molecule has 0 spiro atoms. The Morgan fingerprint density at radius 2 is 2.03 bits per heavy atom. The van der Waals surface area contributed by atoms with Crippen LogP contribution < -0.4 is 5.32 Å². The molecule has 1 N–H and O–H groups in total. The smallest absolute Gasteiger partial charge is 0.338 e. The van der Waals surface area contributed by atoms with Crippen molar-refractivity contribution < 1.29 is 18.7 Å². The number of ether oxygens (including phenoxy) is 1. The molecule has 1 aromatic carbocycles. The number of benzene rings is 1. The van der Waals surface area contributed by atoms with E-state index in [1.807, 2.05) is 6.92 Å². The number of carbonyl (C=O) groups is 2. The molecule has 8 heteroatoms. The number of aryl methyl sites for hydroxylation is 1. The fraction of sp³-hybridized carbons (Fsp3) is 0.143. The van der Waals surface area contributed by atoms with Crippen LogP contribution in [0.4, 0.5) is 5.69 Å². The molecule has 0 unspecified atom stereocenters. The van der Waals surface area contributed by atoms with Crippen LogP contribution in [-0.4, -0.2) is 33.1 Å². The van der Waals surface area contributed by atoms with Crippen LogP contribution in [-0.2, 0) is 4.74 Å². The lowest BCUT2D eigenvalue weighted by atomic mass is 10.2. The van der Waals surface area contributed by atoms with E-state index in [4.69, 9.17) is 9.15 Å². The number of carbonyl (C=O) groups excluding carboxylic acids is 2. The Labute approximate surface area is 166 Å². The molecule has 3 aromatic heterocycles. The fourth-order valence-electron chi connectivity index (χ4n) is 2.92. The maximum atomic E-state index is 12.7. The normalized spacial score (nSPS) is 10.8. The Morgan fingerprint density at radius 3 is 2.79 bits per heavy atom. The first-order valence-corrected chi connectivity index (χ1v) is 9.05. The number of nitrogens with one attached hydrogen (secondary N) is 1. The van der Waals surface area contributed by atoms with E-state index in [0.717, 1.165) is 5.69 Å². The lowest BCUT2D eigenvalue weighted by molar-refractivity contribution is 0.0526. The second kappa shape index (κ2) is 7.59. The van der Waals surface area contributed by atoms with E-state index in [1.54, 1.807) is 66.2 Å². The van der Waals surface area contributed by atoms with Crippen LogP contribution in [0.15, 0.2) is 59.2 Å². The van der Waals surface area contributed by atoms with Crippen LogP contribution in [0.25, 0.3) is 17.1 Å². The fourth-order valence-corrected chi connectivity index (χ4v) is 2.92. The molecule has 0 aliphatic rings. The summed E-state index contributed by atoms with van der Waals surface area (Å²) in [5.74, 6) is -0.210. The van der Waals surface area contributed by atoms with Crippen molar-refractivity contribution in [2.24, 2.45) is 0 Å². The van der Waals surface area contributed by atoms with Gasteiger partial charge in [-0.3, -0.25) is 4.79 Å². The Kier molecular flexibility index (Phi) is 4.82. The van der Waals surface area contributed by atoms with Crippen molar-refractivity contribution in [2.75, 3.05) is 11.9 Å². The Balaban J connectivity index is 1.60. The summed E-state index contributed by atoms with van der Waals surface area (Å²) in [5, 5.41) is 7.23. The molecule has 0 saturated heterocycles. The molecule has 0 bridgehead atoms. The lowest BCUT2D eigenvalue weighted by Crippen LogP contribution is -2.15. The van der Waals surface area contributed by atoms with Gasteiger partial charge in [0, 0.05) is 17.4 Å². The van der Waals surface area contributed by atoms with Crippen molar-refractivity contribution in [3.8, 4) is 11.5 Å². The third kappa shape index (κ3) is 3.73. The van der Waals surface area contributed by atoms with Gasteiger partial charge in [0.05, 0.1) is 18.4 Å². The molecule has 0 aliphatic carbocycles. The molecule has 4 rings (SSSR count). The van der Waals surface area contributed by atoms with Gasteiger partial charge in [-0.25, -0.2) is 14.3 Å². The molecule has 0 radical (unpaired) electrons. The molecular weight excluding hydrogens is 372 g/mol. The van der Waals surface area contributed by atoms with Gasteiger partial charge in [-0.05, 0) is 50.2 Å². The number of fused-ring (bicyclic) bond motifs is 1. The summed E-state index contributed by atoms with van der Waals surface area (Å²) in [6, 6.07) is 13.6. The van der Waals surface area contributed by atoms with Crippen LogP contribution in [0.1, 0.15) is 33.5 Å². The number of hydrogen-bond acceptors (Lipinski definition) is 6. The van der Waals surface area contributed by atoms with Gasteiger partial charge in [-0.2, -0.15) is 5.10 Å². The zero-order valence-electron chi connectivity index (χ0n) is 15.9. The van der Waals surface area contributed by atoms with Gasteiger partial charge in [-0.15, -0.1) is 0 Å². The number of nitrogens with zero attached hydrogens (tertiary/aromatic N) is 3. The molecule has 0 atom stereocenters.